The van der Waals surface area contributed by atoms with E-state index in [-0.39, 0.29) is 23.2 Å². The SMILES string of the molecule is NC1CCc2cccc(F)c2NC1=O.NC1CCc2cccc(F)c2NC1=O.O=C(O)CC(=O)O. The summed E-state index contributed by atoms with van der Waals surface area (Å²) in [4.78, 5) is 41.5. The molecule has 2 aliphatic heterocycles. The molecule has 2 heterocycles. The fraction of sp³-hybridized carbons (Fsp3) is 0.304. The fourth-order valence-electron chi connectivity index (χ4n) is 3.28. The number of para-hydroxylation sites is 2. The number of nitrogens with one attached hydrogen (secondary N) is 2. The zero-order chi connectivity index (χ0) is 26.1. The minimum atomic E-state index is -1.31. The van der Waals surface area contributed by atoms with Crippen molar-refractivity contribution in [2.24, 2.45) is 11.5 Å². The van der Waals surface area contributed by atoms with Crippen LogP contribution in [0.2, 0.25) is 0 Å². The molecule has 2 aliphatic rings. The van der Waals surface area contributed by atoms with Crippen LogP contribution < -0.4 is 22.1 Å². The molecule has 0 aliphatic carbocycles. The van der Waals surface area contributed by atoms with Gasteiger partial charge in [-0.1, -0.05) is 24.3 Å². The minimum Gasteiger partial charge on any atom is -0.481 e. The smallest absolute Gasteiger partial charge is 0.314 e. The van der Waals surface area contributed by atoms with E-state index in [4.69, 9.17) is 21.7 Å². The summed E-state index contributed by atoms with van der Waals surface area (Å²) in [5.41, 5.74) is 13.3. The number of aliphatic carboxylic acids is 2. The topological polar surface area (TPSA) is 185 Å². The van der Waals surface area contributed by atoms with Gasteiger partial charge in [0.25, 0.3) is 0 Å². The number of carbonyl (C=O) groups is 4. The number of aryl methyl sites for hydroxylation is 2. The second-order valence-corrected chi connectivity index (χ2v) is 7.78. The number of carboxylic acid groups (broad SMARTS) is 2. The van der Waals surface area contributed by atoms with E-state index in [0.717, 1.165) is 11.1 Å². The highest BCUT2D eigenvalue weighted by Crippen LogP contribution is 2.25. The molecule has 8 N–H and O–H groups in total. The number of benzene rings is 2. The lowest BCUT2D eigenvalue weighted by Crippen LogP contribution is -2.34. The molecule has 35 heavy (non-hydrogen) atoms. The van der Waals surface area contributed by atoms with Crippen LogP contribution in [0.5, 0.6) is 0 Å². The summed E-state index contributed by atoms with van der Waals surface area (Å²) in [7, 11) is 0. The second kappa shape index (κ2) is 12.5. The van der Waals surface area contributed by atoms with Gasteiger partial charge < -0.3 is 32.3 Å². The quantitative estimate of drug-likeness (QED) is 0.341. The van der Waals surface area contributed by atoms with Crippen LogP contribution in [0.15, 0.2) is 36.4 Å². The predicted octanol–water partition coefficient (Wildman–Crippen LogP) is 1.62. The average Bonchev–Trinajstić information content (AvgIpc) is 3.02. The third kappa shape index (κ3) is 8.12. The van der Waals surface area contributed by atoms with Crippen molar-refractivity contribution in [2.45, 2.75) is 44.2 Å². The van der Waals surface area contributed by atoms with E-state index in [2.05, 4.69) is 10.6 Å². The lowest BCUT2D eigenvalue weighted by Gasteiger charge is -2.07. The molecular formula is C23H26F2N4O6. The number of anilines is 2. The largest absolute Gasteiger partial charge is 0.481 e. The highest BCUT2D eigenvalue weighted by Gasteiger charge is 2.22. The first kappa shape index (κ1) is 27.3. The average molecular weight is 492 g/mol. The monoisotopic (exact) mass is 492 g/mol. The molecule has 4 rings (SSSR count). The van der Waals surface area contributed by atoms with E-state index in [1.54, 1.807) is 24.3 Å². The van der Waals surface area contributed by atoms with Crippen LogP contribution in [0, 0.1) is 11.6 Å². The van der Waals surface area contributed by atoms with Gasteiger partial charge in [0.05, 0.1) is 23.5 Å². The van der Waals surface area contributed by atoms with Crippen LogP contribution in [0.4, 0.5) is 20.2 Å². The molecule has 12 heteroatoms. The summed E-state index contributed by atoms with van der Waals surface area (Å²) in [6.07, 6.45) is 1.57. The zero-order valence-electron chi connectivity index (χ0n) is 18.6. The van der Waals surface area contributed by atoms with Gasteiger partial charge >= 0.3 is 11.9 Å². The zero-order valence-corrected chi connectivity index (χ0v) is 18.6. The summed E-state index contributed by atoms with van der Waals surface area (Å²) in [6, 6.07) is 8.46. The Hall–Kier alpha value is -3.90. The standard InChI is InChI=1S/2C10H11FN2O.C3H4O4/c2*11-7-3-1-2-6-4-5-8(12)10(14)13-9(6)7;4-2(5)1-3(6)7/h2*1-3,8H,4-5,12H2,(H,13,14);1H2,(H,4,5)(H,6,7). The molecule has 0 saturated heterocycles. The van der Waals surface area contributed by atoms with Crippen molar-refractivity contribution in [1.29, 1.82) is 0 Å². The number of halogens is 2. The van der Waals surface area contributed by atoms with Crippen molar-refractivity contribution in [3.8, 4) is 0 Å². The van der Waals surface area contributed by atoms with Crippen molar-refractivity contribution < 1.29 is 38.2 Å². The van der Waals surface area contributed by atoms with E-state index in [0.29, 0.717) is 25.7 Å². The molecule has 188 valence electrons. The Balaban J connectivity index is 0.000000197. The molecule has 2 atom stereocenters. The molecule has 2 amide bonds. The van der Waals surface area contributed by atoms with Crippen LogP contribution in [0.3, 0.4) is 0 Å². The molecular weight excluding hydrogens is 466 g/mol. The van der Waals surface area contributed by atoms with Gasteiger partial charge in [-0.15, -0.1) is 0 Å². The Bertz CT molecular complexity index is 1030. The molecule has 0 fully saturated rings. The first-order valence-corrected chi connectivity index (χ1v) is 10.6. The van der Waals surface area contributed by atoms with Crippen molar-refractivity contribution >= 4 is 35.1 Å². The molecule has 0 bridgehead atoms. The third-order valence-electron chi connectivity index (χ3n) is 5.12. The molecule has 10 nitrogen and oxygen atoms in total. The van der Waals surface area contributed by atoms with Crippen LogP contribution in [-0.4, -0.2) is 46.0 Å². The molecule has 0 saturated carbocycles. The Labute approximate surface area is 199 Å². The molecule has 0 aromatic heterocycles. The third-order valence-corrected chi connectivity index (χ3v) is 5.12. The summed E-state index contributed by atoms with van der Waals surface area (Å²) in [6.45, 7) is 0. The van der Waals surface area contributed by atoms with Gasteiger partial charge in [-0.2, -0.15) is 0 Å². The van der Waals surface area contributed by atoms with Gasteiger partial charge in [0.15, 0.2) is 0 Å². The molecule has 2 unspecified atom stereocenters. The molecule has 2 aromatic rings. The highest BCUT2D eigenvalue weighted by atomic mass is 19.1. The van der Waals surface area contributed by atoms with Crippen LogP contribution >= 0.6 is 0 Å². The van der Waals surface area contributed by atoms with Crippen LogP contribution in [0.1, 0.15) is 30.4 Å². The lowest BCUT2D eigenvalue weighted by atomic mass is 10.1. The van der Waals surface area contributed by atoms with E-state index in [1.807, 2.05) is 0 Å². The summed E-state index contributed by atoms with van der Waals surface area (Å²) in [5, 5.41) is 20.4. The van der Waals surface area contributed by atoms with E-state index >= 15 is 0 Å². The molecule has 0 radical (unpaired) electrons. The number of nitrogens with two attached hydrogens (primary N) is 2. The van der Waals surface area contributed by atoms with Crippen LogP contribution in [0.25, 0.3) is 0 Å². The normalized spacial score (nSPS) is 18.4. The van der Waals surface area contributed by atoms with E-state index in [1.165, 1.54) is 12.1 Å². The van der Waals surface area contributed by atoms with Crippen molar-refractivity contribution in [1.82, 2.24) is 0 Å². The number of rotatable bonds is 2. The lowest BCUT2D eigenvalue weighted by molar-refractivity contribution is -0.147. The minimum absolute atomic E-state index is 0.283. The van der Waals surface area contributed by atoms with Crippen LogP contribution in [-0.2, 0) is 32.0 Å². The van der Waals surface area contributed by atoms with Gasteiger partial charge in [0.2, 0.25) is 11.8 Å². The second-order valence-electron chi connectivity index (χ2n) is 7.78. The maximum atomic E-state index is 13.3. The van der Waals surface area contributed by atoms with Crippen molar-refractivity contribution in [2.75, 3.05) is 10.6 Å². The Morgan fingerprint density at radius 3 is 1.49 bits per heavy atom. The first-order chi connectivity index (χ1) is 16.5. The molecule has 2 aromatic carbocycles. The summed E-state index contributed by atoms with van der Waals surface area (Å²) < 4.78 is 26.6. The first-order valence-electron chi connectivity index (χ1n) is 10.6. The van der Waals surface area contributed by atoms with E-state index < -0.39 is 42.1 Å². The summed E-state index contributed by atoms with van der Waals surface area (Å²) >= 11 is 0. The number of hydrogen-bond donors (Lipinski definition) is 6. The fourth-order valence-corrected chi connectivity index (χ4v) is 3.28. The number of fused-ring (bicyclic) bond motifs is 2. The van der Waals surface area contributed by atoms with Gasteiger partial charge in [0.1, 0.15) is 18.1 Å². The van der Waals surface area contributed by atoms with E-state index in [9.17, 15) is 28.0 Å². The number of amides is 2. The van der Waals surface area contributed by atoms with Gasteiger partial charge in [0, 0.05) is 0 Å². The Morgan fingerprint density at radius 1 is 0.800 bits per heavy atom. The molecule has 0 spiro atoms. The Morgan fingerprint density at radius 2 is 1.17 bits per heavy atom. The van der Waals surface area contributed by atoms with Gasteiger partial charge in [-0.05, 0) is 48.9 Å². The number of carboxylic acids is 2. The number of hydrogen-bond acceptors (Lipinski definition) is 6. The summed E-state index contributed by atoms with van der Waals surface area (Å²) in [5.74, 6) is -4.04. The van der Waals surface area contributed by atoms with Crippen molar-refractivity contribution in [3.05, 3.63) is 59.2 Å². The maximum absolute atomic E-state index is 13.3. The maximum Gasteiger partial charge on any atom is 0.314 e. The predicted molar refractivity (Wildman–Crippen MR) is 123 cm³/mol. The Kier molecular flexibility index (Phi) is 9.79. The highest BCUT2D eigenvalue weighted by molar-refractivity contribution is 5.96. The van der Waals surface area contributed by atoms with Crippen molar-refractivity contribution in [3.63, 3.8) is 0 Å². The van der Waals surface area contributed by atoms with Gasteiger partial charge in [-0.3, -0.25) is 19.2 Å². The number of carbonyl (C=O) groups excluding carboxylic acids is 2. The van der Waals surface area contributed by atoms with Gasteiger partial charge in [-0.25, -0.2) is 8.78 Å².